The Morgan fingerprint density at radius 3 is 2.35 bits per heavy atom. The quantitative estimate of drug-likeness (QED) is 0.825. The summed E-state index contributed by atoms with van der Waals surface area (Å²) in [4.78, 5) is 29.3. The minimum atomic E-state index is -0.454. The number of benzene rings is 1. The van der Waals surface area contributed by atoms with Gasteiger partial charge in [-0.1, -0.05) is 12.1 Å². The minimum Gasteiger partial charge on any atom is -0.507 e. The van der Waals surface area contributed by atoms with Crippen LogP contribution in [0.15, 0.2) is 24.3 Å². The molecular formula is C19H27N3O4. The van der Waals surface area contributed by atoms with Crippen molar-refractivity contribution < 1.29 is 19.4 Å². The van der Waals surface area contributed by atoms with Crippen LogP contribution in [-0.4, -0.2) is 79.7 Å². The van der Waals surface area contributed by atoms with Crippen molar-refractivity contribution in [3.63, 3.8) is 0 Å². The highest BCUT2D eigenvalue weighted by Gasteiger charge is 2.43. The molecule has 142 valence electrons. The number of ether oxygens (including phenoxy) is 1. The fraction of sp³-hybridized carbons (Fsp3) is 0.579. The highest BCUT2D eigenvalue weighted by Crippen LogP contribution is 2.32. The van der Waals surface area contributed by atoms with Crippen LogP contribution in [0.3, 0.4) is 0 Å². The molecular weight excluding hydrogens is 334 g/mol. The molecule has 2 N–H and O–H groups in total. The van der Waals surface area contributed by atoms with E-state index in [4.69, 9.17) is 4.74 Å². The van der Waals surface area contributed by atoms with E-state index in [1.807, 2.05) is 4.90 Å². The number of amides is 2. The van der Waals surface area contributed by atoms with Crippen molar-refractivity contribution in [3.8, 4) is 5.75 Å². The minimum absolute atomic E-state index is 0.00948. The zero-order chi connectivity index (χ0) is 18.6. The lowest BCUT2D eigenvalue weighted by Crippen LogP contribution is -2.57. The Morgan fingerprint density at radius 1 is 1.12 bits per heavy atom. The predicted molar refractivity (Wildman–Crippen MR) is 97.0 cm³/mol. The molecule has 0 unspecified atom stereocenters. The van der Waals surface area contributed by atoms with Gasteiger partial charge in [-0.3, -0.25) is 9.59 Å². The number of nitrogens with zero attached hydrogens (tertiary/aromatic N) is 2. The first-order valence-electron chi connectivity index (χ1n) is 9.14. The van der Waals surface area contributed by atoms with Gasteiger partial charge in [-0.25, -0.2) is 0 Å². The van der Waals surface area contributed by atoms with Gasteiger partial charge in [-0.15, -0.1) is 0 Å². The molecule has 0 radical (unpaired) electrons. The van der Waals surface area contributed by atoms with Gasteiger partial charge in [-0.2, -0.15) is 0 Å². The first kappa shape index (κ1) is 18.7. The standard InChI is InChI=1S/C19H27N3O4/c1-26-14-19(6-8-20-9-7-19)18(25)22-12-10-21(11-13-22)17(24)15-4-2-3-5-16(15)23/h2-5,20,23H,6-14H2,1H3. The van der Waals surface area contributed by atoms with Crippen LogP contribution in [-0.2, 0) is 9.53 Å². The molecule has 0 aliphatic carbocycles. The Balaban J connectivity index is 1.63. The summed E-state index contributed by atoms with van der Waals surface area (Å²) in [7, 11) is 1.64. The topological polar surface area (TPSA) is 82.1 Å². The van der Waals surface area contributed by atoms with Crippen molar-refractivity contribution in [1.82, 2.24) is 15.1 Å². The Morgan fingerprint density at radius 2 is 1.73 bits per heavy atom. The first-order chi connectivity index (χ1) is 12.6. The second kappa shape index (κ2) is 8.05. The fourth-order valence-electron chi connectivity index (χ4n) is 3.87. The molecule has 0 atom stereocenters. The van der Waals surface area contributed by atoms with Crippen molar-refractivity contribution >= 4 is 11.8 Å². The highest BCUT2D eigenvalue weighted by atomic mass is 16.5. The van der Waals surface area contributed by atoms with Gasteiger partial charge in [0.15, 0.2) is 0 Å². The van der Waals surface area contributed by atoms with Gasteiger partial charge in [0.25, 0.3) is 5.91 Å². The molecule has 2 saturated heterocycles. The number of carbonyl (C=O) groups is 2. The number of piperidine rings is 1. The molecule has 2 heterocycles. The van der Waals surface area contributed by atoms with Crippen LogP contribution in [0.1, 0.15) is 23.2 Å². The predicted octanol–water partition coefficient (Wildman–Crippen LogP) is 0.693. The van der Waals surface area contributed by atoms with Gasteiger partial charge in [-0.05, 0) is 38.1 Å². The lowest BCUT2D eigenvalue weighted by Gasteiger charge is -2.42. The summed E-state index contributed by atoms with van der Waals surface area (Å²) >= 11 is 0. The van der Waals surface area contributed by atoms with E-state index in [-0.39, 0.29) is 17.6 Å². The Bertz CT molecular complexity index is 644. The summed E-state index contributed by atoms with van der Waals surface area (Å²) in [6, 6.07) is 6.56. The number of hydrogen-bond donors (Lipinski definition) is 2. The van der Waals surface area contributed by atoms with E-state index in [1.54, 1.807) is 30.2 Å². The van der Waals surface area contributed by atoms with Crippen molar-refractivity contribution in [2.75, 3.05) is 53.0 Å². The van der Waals surface area contributed by atoms with Crippen LogP contribution < -0.4 is 5.32 Å². The molecule has 7 heteroatoms. The van der Waals surface area contributed by atoms with Gasteiger partial charge in [0.1, 0.15) is 5.75 Å². The largest absolute Gasteiger partial charge is 0.507 e. The molecule has 2 aliphatic rings. The molecule has 0 spiro atoms. The summed E-state index contributed by atoms with van der Waals surface area (Å²) in [6.07, 6.45) is 1.55. The van der Waals surface area contributed by atoms with E-state index in [0.29, 0.717) is 38.3 Å². The molecule has 2 fully saturated rings. The highest BCUT2D eigenvalue weighted by molar-refractivity contribution is 5.97. The maximum Gasteiger partial charge on any atom is 0.257 e. The number of hydrogen-bond acceptors (Lipinski definition) is 5. The molecule has 2 aliphatic heterocycles. The second-order valence-corrected chi connectivity index (χ2v) is 7.06. The van der Waals surface area contributed by atoms with E-state index in [2.05, 4.69) is 5.32 Å². The smallest absolute Gasteiger partial charge is 0.257 e. The van der Waals surface area contributed by atoms with E-state index in [9.17, 15) is 14.7 Å². The molecule has 0 bridgehead atoms. The first-order valence-corrected chi connectivity index (χ1v) is 9.14. The third kappa shape index (κ3) is 3.68. The van der Waals surface area contributed by atoms with Crippen LogP contribution >= 0.6 is 0 Å². The maximum absolute atomic E-state index is 13.1. The zero-order valence-corrected chi connectivity index (χ0v) is 15.2. The number of carbonyl (C=O) groups excluding carboxylic acids is 2. The van der Waals surface area contributed by atoms with Gasteiger partial charge >= 0.3 is 0 Å². The summed E-state index contributed by atoms with van der Waals surface area (Å²) in [5.74, 6) is -0.0658. The summed E-state index contributed by atoms with van der Waals surface area (Å²) < 4.78 is 5.36. The molecule has 0 saturated carbocycles. The van der Waals surface area contributed by atoms with Gasteiger partial charge < -0.3 is 25.0 Å². The zero-order valence-electron chi connectivity index (χ0n) is 15.2. The molecule has 0 aromatic heterocycles. The Hall–Kier alpha value is -2.12. The van der Waals surface area contributed by atoms with Crippen molar-refractivity contribution in [1.29, 1.82) is 0 Å². The van der Waals surface area contributed by atoms with Gasteiger partial charge in [0.05, 0.1) is 17.6 Å². The summed E-state index contributed by atoms with van der Waals surface area (Å²) in [5, 5.41) is 13.2. The SMILES string of the molecule is COCC1(C(=O)N2CCN(C(=O)c3ccccc3O)CC2)CCNCC1. The maximum atomic E-state index is 13.1. The number of aromatic hydroxyl groups is 1. The van der Waals surface area contributed by atoms with Crippen LogP contribution in [0.4, 0.5) is 0 Å². The summed E-state index contributed by atoms with van der Waals surface area (Å²) in [5.41, 5.74) is -0.148. The molecule has 2 amide bonds. The van der Waals surface area contributed by atoms with Crippen LogP contribution in [0.5, 0.6) is 5.75 Å². The molecule has 3 rings (SSSR count). The van der Waals surface area contributed by atoms with Crippen molar-refractivity contribution in [2.24, 2.45) is 5.41 Å². The van der Waals surface area contributed by atoms with Crippen molar-refractivity contribution in [2.45, 2.75) is 12.8 Å². The molecule has 26 heavy (non-hydrogen) atoms. The number of rotatable bonds is 4. The Labute approximate surface area is 153 Å². The van der Waals surface area contributed by atoms with E-state index in [1.165, 1.54) is 6.07 Å². The third-order valence-electron chi connectivity index (χ3n) is 5.42. The van der Waals surface area contributed by atoms with E-state index < -0.39 is 5.41 Å². The Kier molecular flexibility index (Phi) is 5.78. The van der Waals surface area contributed by atoms with Crippen LogP contribution in [0.2, 0.25) is 0 Å². The normalized spacial score (nSPS) is 20.0. The number of piperazine rings is 1. The second-order valence-electron chi connectivity index (χ2n) is 7.06. The van der Waals surface area contributed by atoms with Crippen LogP contribution in [0, 0.1) is 5.41 Å². The average molecular weight is 361 g/mol. The summed E-state index contributed by atoms with van der Waals surface area (Å²) in [6.45, 7) is 4.04. The number of nitrogens with one attached hydrogen (secondary N) is 1. The monoisotopic (exact) mass is 361 g/mol. The molecule has 7 nitrogen and oxygen atoms in total. The van der Waals surface area contributed by atoms with Crippen LogP contribution in [0.25, 0.3) is 0 Å². The van der Waals surface area contributed by atoms with E-state index in [0.717, 1.165) is 25.9 Å². The average Bonchev–Trinajstić information content (AvgIpc) is 2.68. The van der Waals surface area contributed by atoms with E-state index >= 15 is 0 Å². The lowest BCUT2D eigenvalue weighted by atomic mass is 9.78. The fourth-order valence-corrected chi connectivity index (χ4v) is 3.87. The van der Waals surface area contributed by atoms with Gasteiger partial charge in [0.2, 0.25) is 5.91 Å². The number of phenols is 1. The van der Waals surface area contributed by atoms with Gasteiger partial charge in [0, 0.05) is 33.3 Å². The number of phenolic OH excluding ortho intramolecular Hbond substituents is 1. The molecule has 1 aromatic rings. The number of methoxy groups -OCH3 is 1. The number of para-hydroxylation sites is 1. The third-order valence-corrected chi connectivity index (χ3v) is 5.42. The van der Waals surface area contributed by atoms with Crippen molar-refractivity contribution in [3.05, 3.63) is 29.8 Å². The molecule has 1 aromatic carbocycles. The lowest BCUT2D eigenvalue weighted by molar-refractivity contribution is -0.149.